The van der Waals surface area contributed by atoms with Gasteiger partial charge in [0.15, 0.2) is 11.6 Å². The number of primary sulfonamides is 1. The van der Waals surface area contributed by atoms with Crippen molar-refractivity contribution in [2.45, 2.75) is 11.1 Å². The molecule has 0 saturated heterocycles. The molecule has 0 aliphatic rings. The molecule has 13 heteroatoms. The Morgan fingerprint density at radius 3 is 2.46 bits per heavy atom. The molecule has 0 unspecified atom stereocenters. The van der Waals surface area contributed by atoms with E-state index in [9.17, 15) is 21.6 Å². The molecule has 2 N–H and O–H groups in total. The molecule has 0 aliphatic heterocycles. The second kappa shape index (κ2) is 7.04. The molecule has 2 heterocycles. The van der Waals surface area contributed by atoms with E-state index in [1.54, 1.807) is 0 Å². The number of nitrogens with zero attached hydrogens (tertiary/aromatic N) is 4. The minimum atomic E-state index is -4.81. The van der Waals surface area contributed by atoms with E-state index in [0.717, 1.165) is 23.0 Å². The van der Waals surface area contributed by atoms with E-state index in [-0.39, 0.29) is 32.9 Å². The van der Waals surface area contributed by atoms with Crippen LogP contribution in [0.3, 0.4) is 0 Å². The van der Waals surface area contributed by atoms with Crippen LogP contribution in [0.1, 0.15) is 5.82 Å². The summed E-state index contributed by atoms with van der Waals surface area (Å²) in [6.45, 7) is 0. The molecular weight excluding hydrogens is 423 g/mol. The maximum atomic E-state index is 13.1. The number of aromatic nitrogens is 4. The molecule has 28 heavy (non-hydrogen) atoms. The van der Waals surface area contributed by atoms with Crippen LogP contribution in [-0.4, -0.2) is 35.3 Å². The van der Waals surface area contributed by atoms with E-state index >= 15 is 0 Å². The van der Waals surface area contributed by atoms with Crippen molar-refractivity contribution in [1.29, 1.82) is 0 Å². The van der Waals surface area contributed by atoms with E-state index in [1.807, 2.05) is 0 Å². The van der Waals surface area contributed by atoms with Gasteiger partial charge in [0.1, 0.15) is 10.6 Å². The van der Waals surface area contributed by atoms with Gasteiger partial charge in [-0.05, 0) is 30.3 Å². The summed E-state index contributed by atoms with van der Waals surface area (Å²) in [4.78, 5) is 7.08. The third kappa shape index (κ3) is 3.93. The Kier molecular flexibility index (Phi) is 5.04. The number of sulfonamides is 1. The maximum absolute atomic E-state index is 13.1. The molecule has 0 aliphatic carbocycles. The highest BCUT2D eigenvalue weighted by Gasteiger charge is 2.37. The van der Waals surface area contributed by atoms with Crippen LogP contribution in [0.15, 0.2) is 41.4 Å². The van der Waals surface area contributed by atoms with Crippen molar-refractivity contribution < 1.29 is 26.3 Å². The Labute approximate surface area is 161 Å². The number of nitrogens with two attached hydrogens (primary N) is 1. The van der Waals surface area contributed by atoms with E-state index < -0.39 is 22.0 Å². The number of methoxy groups -OCH3 is 1. The average Bonchev–Trinajstić information content (AvgIpc) is 3.07. The molecule has 2 aromatic heterocycles. The maximum Gasteiger partial charge on any atom is 0.453 e. The Balaban J connectivity index is 2.19. The van der Waals surface area contributed by atoms with E-state index in [0.29, 0.717) is 0 Å². The zero-order valence-electron chi connectivity index (χ0n) is 14.0. The van der Waals surface area contributed by atoms with Gasteiger partial charge in [0.2, 0.25) is 10.0 Å². The topological polar surface area (TPSA) is 113 Å². The van der Waals surface area contributed by atoms with Gasteiger partial charge in [-0.25, -0.2) is 23.5 Å². The molecule has 3 rings (SSSR count). The van der Waals surface area contributed by atoms with Gasteiger partial charge in [-0.15, -0.1) is 5.10 Å². The van der Waals surface area contributed by atoms with Gasteiger partial charge in [-0.1, -0.05) is 11.6 Å². The second-order valence-electron chi connectivity index (χ2n) is 5.42. The summed E-state index contributed by atoms with van der Waals surface area (Å²) < 4.78 is 68.0. The molecule has 0 bridgehead atoms. The number of halogens is 4. The SMILES string of the molecule is COc1cc(-c2nc(C(F)(F)F)nn2-c2ccc(S(N)(=O)=O)cn2)ccc1Cl. The fourth-order valence-corrected chi connectivity index (χ4v) is 2.90. The molecule has 0 radical (unpaired) electrons. The fourth-order valence-electron chi connectivity index (χ4n) is 2.24. The predicted molar refractivity (Wildman–Crippen MR) is 92.5 cm³/mol. The fraction of sp³-hybridized carbons (Fsp3) is 0.133. The molecule has 3 aromatic rings. The molecule has 0 spiro atoms. The lowest BCUT2D eigenvalue weighted by atomic mass is 10.2. The minimum absolute atomic E-state index is 0.0979. The van der Waals surface area contributed by atoms with Crippen molar-refractivity contribution in [3.63, 3.8) is 0 Å². The van der Waals surface area contributed by atoms with Crippen molar-refractivity contribution >= 4 is 21.6 Å². The van der Waals surface area contributed by atoms with Crippen LogP contribution in [0.4, 0.5) is 13.2 Å². The highest BCUT2D eigenvalue weighted by Crippen LogP contribution is 2.33. The zero-order chi connectivity index (χ0) is 20.7. The normalized spacial score (nSPS) is 12.2. The highest BCUT2D eigenvalue weighted by molar-refractivity contribution is 7.89. The van der Waals surface area contributed by atoms with Crippen LogP contribution < -0.4 is 9.88 Å². The van der Waals surface area contributed by atoms with E-state index in [1.165, 1.54) is 25.3 Å². The molecule has 0 amide bonds. The zero-order valence-corrected chi connectivity index (χ0v) is 15.5. The number of hydrogen-bond donors (Lipinski definition) is 1. The predicted octanol–water partition coefficient (Wildman–Crippen LogP) is 2.66. The summed E-state index contributed by atoms with van der Waals surface area (Å²) in [6.07, 6.45) is -3.90. The first-order valence-electron chi connectivity index (χ1n) is 7.38. The van der Waals surface area contributed by atoms with E-state index in [2.05, 4.69) is 15.1 Å². The van der Waals surface area contributed by atoms with Crippen LogP contribution >= 0.6 is 11.6 Å². The summed E-state index contributed by atoms with van der Waals surface area (Å²) in [5, 5.41) is 8.71. The summed E-state index contributed by atoms with van der Waals surface area (Å²) in [5.74, 6) is -1.47. The summed E-state index contributed by atoms with van der Waals surface area (Å²) >= 11 is 5.95. The van der Waals surface area contributed by atoms with E-state index in [4.69, 9.17) is 21.5 Å². The van der Waals surface area contributed by atoms with Gasteiger partial charge in [0.25, 0.3) is 5.82 Å². The average molecular weight is 434 g/mol. The first-order valence-corrected chi connectivity index (χ1v) is 9.30. The molecule has 148 valence electrons. The van der Waals surface area contributed by atoms with Gasteiger partial charge in [0.05, 0.1) is 12.1 Å². The molecular formula is C15H11ClF3N5O3S. The lowest BCUT2D eigenvalue weighted by Gasteiger charge is -2.08. The minimum Gasteiger partial charge on any atom is -0.495 e. The van der Waals surface area contributed by atoms with Crippen LogP contribution in [0.25, 0.3) is 17.2 Å². The number of benzene rings is 1. The Morgan fingerprint density at radius 1 is 1.21 bits per heavy atom. The van der Waals surface area contributed by atoms with Gasteiger partial charge < -0.3 is 4.74 Å². The van der Waals surface area contributed by atoms with Crippen molar-refractivity contribution in [3.05, 3.63) is 47.4 Å². The van der Waals surface area contributed by atoms with Gasteiger partial charge in [-0.2, -0.15) is 17.9 Å². The number of ether oxygens (including phenoxy) is 1. The molecule has 0 atom stereocenters. The van der Waals surface area contributed by atoms with Crippen molar-refractivity contribution in [2.75, 3.05) is 7.11 Å². The molecule has 0 fully saturated rings. The van der Waals surface area contributed by atoms with Crippen LogP contribution in [-0.2, 0) is 16.2 Å². The lowest BCUT2D eigenvalue weighted by molar-refractivity contribution is -0.144. The number of rotatable bonds is 4. The summed E-state index contributed by atoms with van der Waals surface area (Å²) in [6, 6.07) is 6.51. The highest BCUT2D eigenvalue weighted by atomic mass is 35.5. The van der Waals surface area contributed by atoms with Gasteiger partial charge >= 0.3 is 6.18 Å². The number of alkyl halides is 3. The Morgan fingerprint density at radius 2 is 1.93 bits per heavy atom. The molecule has 8 nitrogen and oxygen atoms in total. The monoisotopic (exact) mass is 433 g/mol. The van der Waals surface area contributed by atoms with Gasteiger partial charge in [-0.3, -0.25) is 0 Å². The van der Waals surface area contributed by atoms with Crippen molar-refractivity contribution in [2.24, 2.45) is 5.14 Å². The summed E-state index contributed by atoms with van der Waals surface area (Å²) in [5.41, 5.74) is 0.224. The lowest BCUT2D eigenvalue weighted by Crippen LogP contribution is -2.13. The standard InChI is InChI=1S/C15H11ClF3N5O3S/c1-27-11-6-8(2-4-10(11)16)13-22-14(15(17,18)19)23-24(13)12-5-3-9(7-21-12)28(20,25)26/h2-7H,1H3,(H2,20,25,26). The third-order valence-electron chi connectivity index (χ3n) is 3.54. The van der Waals surface area contributed by atoms with Crippen LogP contribution in [0.2, 0.25) is 5.02 Å². The molecule has 0 saturated carbocycles. The second-order valence-corrected chi connectivity index (χ2v) is 7.38. The first kappa shape index (κ1) is 20.0. The quantitative estimate of drug-likeness (QED) is 0.676. The molecule has 1 aromatic carbocycles. The van der Waals surface area contributed by atoms with Gasteiger partial charge in [0, 0.05) is 11.8 Å². The van der Waals surface area contributed by atoms with Crippen LogP contribution in [0.5, 0.6) is 5.75 Å². The Hall–Kier alpha value is -2.70. The number of hydrogen-bond acceptors (Lipinski definition) is 6. The van der Waals surface area contributed by atoms with Crippen molar-refractivity contribution in [1.82, 2.24) is 19.7 Å². The first-order chi connectivity index (χ1) is 13.0. The number of pyridine rings is 1. The smallest absolute Gasteiger partial charge is 0.453 e. The van der Waals surface area contributed by atoms with Crippen molar-refractivity contribution in [3.8, 4) is 23.0 Å². The van der Waals surface area contributed by atoms with Crippen LogP contribution in [0, 0.1) is 0 Å². The summed E-state index contributed by atoms with van der Waals surface area (Å²) in [7, 11) is -2.66. The Bertz CT molecular complexity index is 1130. The largest absolute Gasteiger partial charge is 0.495 e. The third-order valence-corrected chi connectivity index (χ3v) is 4.75.